The quantitative estimate of drug-likeness (QED) is 0.553. The second-order valence-corrected chi connectivity index (χ2v) is 4.22. The van der Waals surface area contributed by atoms with Crippen molar-refractivity contribution >= 4 is 5.97 Å². The number of hydrogen-bond donors (Lipinski definition) is 1. The van der Waals surface area contributed by atoms with Crippen LogP contribution < -0.4 is 0 Å². The molecule has 0 aromatic heterocycles. The van der Waals surface area contributed by atoms with Gasteiger partial charge in [0.1, 0.15) is 0 Å². The standard InChI is InChI=1S/C10H7F11O2/c1-2-4(5(22)23)3-6(11,12)7(13,14)8(15,16)9(17,18)10(19,20)21/h2H,3H2,1H3,(H,22,23). The minimum Gasteiger partial charge on any atom is -0.478 e. The zero-order chi connectivity index (χ0) is 19.1. The number of rotatable bonds is 6. The van der Waals surface area contributed by atoms with Gasteiger partial charge >= 0.3 is 35.8 Å². The number of hydrogen-bond acceptors (Lipinski definition) is 1. The molecule has 0 bridgehead atoms. The molecule has 0 unspecified atom stereocenters. The molecule has 0 aliphatic carbocycles. The van der Waals surface area contributed by atoms with Gasteiger partial charge in [-0.2, -0.15) is 48.3 Å². The van der Waals surface area contributed by atoms with Crippen LogP contribution >= 0.6 is 0 Å². The van der Waals surface area contributed by atoms with E-state index in [0.29, 0.717) is 0 Å². The Hall–Kier alpha value is -1.56. The van der Waals surface area contributed by atoms with Gasteiger partial charge in [-0.1, -0.05) is 6.08 Å². The fraction of sp³-hybridized carbons (Fsp3) is 0.700. The molecule has 0 aromatic carbocycles. The maximum absolute atomic E-state index is 13.2. The Bertz CT molecular complexity index is 490. The summed E-state index contributed by atoms with van der Waals surface area (Å²) >= 11 is 0. The van der Waals surface area contributed by atoms with Crippen LogP contribution in [0.3, 0.4) is 0 Å². The van der Waals surface area contributed by atoms with Crippen LogP contribution in [0.2, 0.25) is 0 Å². The molecule has 136 valence electrons. The molecule has 0 rings (SSSR count). The van der Waals surface area contributed by atoms with E-state index in [2.05, 4.69) is 0 Å². The number of alkyl halides is 11. The van der Waals surface area contributed by atoms with Crippen molar-refractivity contribution in [2.75, 3.05) is 0 Å². The van der Waals surface area contributed by atoms with Gasteiger partial charge < -0.3 is 5.11 Å². The van der Waals surface area contributed by atoms with Gasteiger partial charge in [-0.15, -0.1) is 0 Å². The van der Waals surface area contributed by atoms with Crippen LogP contribution in [0, 0.1) is 0 Å². The lowest BCUT2D eigenvalue weighted by Gasteiger charge is -2.37. The van der Waals surface area contributed by atoms with Gasteiger partial charge in [0, 0.05) is 12.0 Å². The molecule has 2 nitrogen and oxygen atoms in total. The van der Waals surface area contributed by atoms with E-state index in [1.165, 1.54) is 0 Å². The van der Waals surface area contributed by atoms with E-state index < -0.39 is 47.8 Å². The Morgan fingerprint density at radius 2 is 1.22 bits per heavy atom. The zero-order valence-corrected chi connectivity index (χ0v) is 10.8. The second-order valence-electron chi connectivity index (χ2n) is 4.22. The molecule has 0 spiro atoms. The smallest absolute Gasteiger partial charge is 0.460 e. The van der Waals surface area contributed by atoms with E-state index in [-0.39, 0.29) is 6.08 Å². The monoisotopic (exact) mass is 368 g/mol. The Morgan fingerprint density at radius 3 is 1.48 bits per heavy atom. The minimum atomic E-state index is -7.53. The van der Waals surface area contributed by atoms with Crippen LogP contribution in [-0.2, 0) is 4.79 Å². The van der Waals surface area contributed by atoms with Crippen molar-refractivity contribution in [3.63, 3.8) is 0 Å². The molecule has 0 saturated carbocycles. The fourth-order valence-corrected chi connectivity index (χ4v) is 1.26. The number of allylic oxidation sites excluding steroid dienone is 1. The summed E-state index contributed by atoms with van der Waals surface area (Å²) < 4.78 is 139. The number of carboxylic acid groups (broad SMARTS) is 1. The van der Waals surface area contributed by atoms with E-state index in [9.17, 15) is 53.1 Å². The number of carboxylic acids is 1. The van der Waals surface area contributed by atoms with Crippen molar-refractivity contribution < 1.29 is 58.2 Å². The maximum atomic E-state index is 13.2. The van der Waals surface area contributed by atoms with Gasteiger partial charge in [0.2, 0.25) is 0 Å². The van der Waals surface area contributed by atoms with Crippen LogP contribution in [0.1, 0.15) is 13.3 Å². The summed E-state index contributed by atoms with van der Waals surface area (Å²) in [5.74, 6) is -30.7. The molecule has 0 aliphatic heterocycles. The molecule has 0 saturated heterocycles. The highest BCUT2D eigenvalue weighted by molar-refractivity contribution is 5.86. The van der Waals surface area contributed by atoms with Gasteiger partial charge in [0.15, 0.2) is 0 Å². The molecule has 13 heteroatoms. The zero-order valence-electron chi connectivity index (χ0n) is 10.8. The first kappa shape index (κ1) is 21.4. The van der Waals surface area contributed by atoms with Gasteiger partial charge in [0.25, 0.3) is 0 Å². The Labute approximate surface area is 120 Å². The topological polar surface area (TPSA) is 37.3 Å². The third-order valence-electron chi connectivity index (χ3n) is 2.64. The average Bonchev–Trinajstić information content (AvgIpc) is 2.33. The van der Waals surface area contributed by atoms with Crippen molar-refractivity contribution in [2.24, 2.45) is 0 Å². The largest absolute Gasteiger partial charge is 0.478 e. The van der Waals surface area contributed by atoms with E-state index in [4.69, 9.17) is 5.11 Å². The lowest BCUT2D eigenvalue weighted by Crippen LogP contribution is -2.66. The molecule has 0 radical (unpaired) electrons. The molecule has 0 amide bonds. The third-order valence-corrected chi connectivity index (χ3v) is 2.64. The third kappa shape index (κ3) is 3.37. The SMILES string of the molecule is CC=C(CC(F)(F)C(F)(F)C(F)(F)C(F)(F)C(F)(F)F)C(=O)O. The number of carbonyl (C=O) groups is 1. The van der Waals surface area contributed by atoms with Crippen LogP contribution in [-0.4, -0.2) is 40.9 Å². The van der Waals surface area contributed by atoms with E-state index in [0.717, 1.165) is 6.92 Å². The molecule has 0 atom stereocenters. The maximum Gasteiger partial charge on any atom is 0.460 e. The summed E-state index contributed by atoms with van der Waals surface area (Å²) in [6.07, 6.45) is -9.66. The summed E-state index contributed by atoms with van der Waals surface area (Å²) in [5.41, 5.74) is -1.58. The molecular weight excluding hydrogens is 361 g/mol. The van der Waals surface area contributed by atoms with Gasteiger partial charge in [-0.25, -0.2) is 4.79 Å². The lowest BCUT2D eigenvalue weighted by atomic mass is 9.93. The normalized spacial score (nSPS) is 15.7. The highest BCUT2D eigenvalue weighted by Gasteiger charge is 2.86. The summed E-state index contributed by atoms with van der Waals surface area (Å²) in [6, 6.07) is 0. The number of aliphatic carboxylic acids is 1. The Balaban J connectivity index is 5.99. The van der Waals surface area contributed by atoms with Crippen LogP contribution in [0.25, 0.3) is 0 Å². The minimum absolute atomic E-state index is 0.270. The molecule has 23 heavy (non-hydrogen) atoms. The first-order chi connectivity index (χ1) is 9.87. The average molecular weight is 368 g/mol. The highest BCUT2D eigenvalue weighted by atomic mass is 19.4. The van der Waals surface area contributed by atoms with Crippen molar-refractivity contribution in [3.05, 3.63) is 11.6 Å². The van der Waals surface area contributed by atoms with Crippen molar-refractivity contribution in [2.45, 2.75) is 43.2 Å². The first-order valence-corrected chi connectivity index (χ1v) is 5.33. The highest BCUT2D eigenvalue weighted by Crippen LogP contribution is 2.58. The summed E-state index contributed by atoms with van der Waals surface area (Å²) in [5, 5.41) is 8.33. The second kappa shape index (κ2) is 5.82. The molecule has 0 aromatic rings. The lowest BCUT2D eigenvalue weighted by molar-refractivity contribution is -0.421. The van der Waals surface area contributed by atoms with Gasteiger partial charge in [-0.05, 0) is 6.92 Å². The van der Waals surface area contributed by atoms with Crippen molar-refractivity contribution in [1.82, 2.24) is 0 Å². The van der Waals surface area contributed by atoms with Crippen molar-refractivity contribution in [3.8, 4) is 0 Å². The molecular formula is C10H7F11O2. The van der Waals surface area contributed by atoms with E-state index in [1.807, 2.05) is 0 Å². The summed E-state index contributed by atoms with van der Waals surface area (Å²) in [7, 11) is 0. The predicted molar refractivity (Wildman–Crippen MR) is 51.9 cm³/mol. The summed E-state index contributed by atoms with van der Waals surface area (Å²) in [6.45, 7) is 0.722. The molecule has 0 aliphatic rings. The Morgan fingerprint density at radius 1 is 0.826 bits per heavy atom. The van der Waals surface area contributed by atoms with Gasteiger partial charge in [-0.3, -0.25) is 0 Å². The Kier molecular flexibility index (Phi) is 5.42. The predicted octanol–water partition coefficient (Wildman–Crippen LogP) is 4.51. The van der Waals surface area contributed by atoms with Gasteiger partial charge in [0.05, 0.1) is 0 Å². The van der Waals surface area contributed by atoms with Crippen LogP contribution in [0.4, 0.5) is 48.3 Å². The molecule has 0 heterocycles. The van der Waals surface area contributed by atoms with E-state index >= 15 is 0 Å². The number of halogens is 11. The van der Waals surface area contributed by atoms with Crippen LogP contribution in [0.5, 0.6) is 0 Å². The van der Waals surface area contributed by atoms with E-state index in [1.54, 1.807) is 0 Å². The molecule has 1 N–H and O–H groups in total. The van der Waals surface area contributed by atoms with Crippen molar-refractivity contribution in [1.29, 1.82) is 0 Å². The first-order valence-electron chi connectivity index (χ1n) is 5.33. The fourth-order valence-electron chi connectivity index (χ4n) is 1.26. The van der Waals surface area contributed by atoms with Crippen LogP contribution in [0.15, 0.2) is 11.6 Å². The summed E-state index contributed by atoms with van der Waals surface area (Å²) in [4.78, 5) is 10.4. The molecule has 0 fully saturated rings.